The first-order valence-electron chi connectivity index (χ1n) is 9.02. The number of fused-ring (bicyclic) bond motifs is 2. The summed E-state index contributed by atoms with van der Waals surface area (Å²) < 4.78 is 1.92. The second-order valence-electron chi connectivity index (χ2n) is 7.75. The maximum absolute atomic E-state index is 12.3. The van der Waals surface area contributed by atoms with Crippen molar-refractivity contribution >= 4 is 6.03 Å². The van der Waals surface area contributed by atoms with Crippen LogP contribution in [0.4, 0.5) is 4.79 Å². The molecule has 132 valence electrons. The Morgan fingerprint density at radius 2 is 2.04 bits per heavy atom. The van der Waals surface area contributed by atoms with Crippen LogP contribution in [0.2, 0.25) is 0 Å². The van der Waals surface area contributed by atoms with E-state index in [1.54, 1.807) is 0 Å². The highest BCUT2D eigenvalue weighted by molar-refractivity contribution is 5.74. The van der Waals surface area contributed by atoms with Gasteiger partial charge in [0.05, 0.1) is 12.6 Å². The maximum atomic E-state index is 12.3. The number of amides is 2. The van der Waals surface area contributed by atoms with Gasteiger partial charge in [0.1, 0.15) is 11.6 Å². The number of nitrogens with one attached hydrogen (secondary N) is 2. The summed E-state index contributed by atoms with van der Waals surface area (Å²) in [5, 5.41) is 10.6. The van der Waals surface area contributed by atoms with Gasteiger partial charge in [-0.25, -0.2) is 14.5 Å². The van der Waals surface area contributed by atoms with Crippen molar-refractivity contribution in [1.29, 1.82) is 0 Å². The molecule has 0 unspecified atom stereocenters. The highest BCUT2D eigenvalue weighted by Crippen LogP contribution is 2.35. The molecule has 1 atom stereocenters. The molecule has 2 N–H and O–H groups in total. The van der Waals surface area contributed by atoms with Crippen LogP contribution in [0.1, 0.15) is 36.1 Å². The summed E-state index contributed by atoms with van der Waals surface area (Å²) in [7, 11) is 0. The molecule has 0 bridgehead atoms. The Labute approximate surface area is 148 Å². The van der Waals surface area contributed by atoms with Crippen LogP contribution < -0.4 is 10.6 Å². The van der Waals surface area contributed by atoms with Crippen LogP contribution >= 0.6 is 0 Å². The third-order valence-corrected chi connectivity index (χ3v) is 5.33. The number of benzene rings is 1. The largest absolute Gasteiger partial charge is 0.338 e. The molecule has 2 aliphatic rings. The molecule has 4 rings (SSSR count). The van der Waals surface area contributed by atoms with Crippen molar-refractivity contribution in [2.45, 2.75) is 52.1 Å². The summed E-state index contributed by atoms with van der Waals surface area (Å²) in [4.78, 5) is 16.7. The number of carbonyl (C=O) groups excluding carboxylic acids is 1. The number of carbonyl (C=O) groups is 1. The maximum Gasteiger partial charge on any atom is 0.315 e. The first kappa shape index (κ1) is 16.1. The standard InChI is InChI=1S/C19H25N5O/c1-13-21-17-8-7-16(11-24(17)23-13)22-18(25)20-12-19(2)9-14-5-3-4-6-15(14)10-19/h3-6,16H,7-12H2,1-2H3,(H2,20,22,25)/t16-/m1/s1. The van der Waals surface area contributed by atoms with E-state index in [0.29, 0.717) is 13.1 Å². The predicted octanol–water partition coefficient (Wildman–Crippen LogP) is 2.01. The van der Waals surface area contributed by atoms with E-state index in [-0.39, 0.29) is 17.5 Å². The van der Waals surface area contributed by atoms with Gasteiger partial charge < -0.3 is 10.6 Å². The highest BCUT2D eigenvalue weighted by Gasteiger charge is 2.33. The summed E-state index contributed by atoms with van der Waals surface area (Å²) in [6, 6.07) is 8.60. The average molecular weight is 339 g/mol. The number of hydrogen-bond donors (Lipinski definition) is 2. The van der Waals surface area contributed by atoms with Crippen molar-refractivity contribution in [3.63, 3.8) is 0 Å². The minimum atomic E-state index is -0.0810. The minimum absolute atomic E-state index is 0.0810. The molecule has 1 aromatic heterocycles. The SMILES string of the molecule is Cc1nc2n(n1)C[C@H](NC(=O)NCC1(C)Cc3ccccc3C1)CC2. The normalized spacial score (nSPS) is 20.6. The van der Waals surface area contributed by atoms with Crippen molar-refractivity contribution in [2.75, 3.05) is 6.54 Å². The molecule has 0 radical (unpaired) electrons. The monoisotopic (exact) mass is 339 g/mol. The number of rotatable bonds is 3. The second-order valence-corrected chi connectivity index (χ2v) is 7.75. The minimum Gasteiger partial charge on any atom is -0.338 e. The van der Waals surface area contributed by atoms with E-state index in [0.717, 1.165) is 37.3 Å². The summed E-state index contributed by atoms with van der Waals surface area (Å²) in [5.41, 5.74) is 2.92. The zero-order chi connectivity index (χ0) is 17.4. The molecule has 1 aliphatic carbocycles. The molecule has 0 fully saturated rings. The topological polar surface area (TPSA) is 71.8 Å². The van der Waals surface area contributed by atoms with E-state index < -0.39 is 0 Å². The van der Waals surface area contributed by atoms with Crippen LogP contribution in [-0.4, -0.2) is 33.4 Å². The van der Waals surface area contributed by atoms with Gasteiger partial charge in [0, 0.05) is 13.0 Å². The van der Waals surface area contributed by atoms with E-state index in [4.69, 9.17) is 0 Å². The Morgan fingerprint density at radius 3 is 2.76 bits per heavy atom. The molecule has 1 aromatic carbocycles. The lowest BCUT2D eigenvalue weighted by atomic mass is 9.87. The Morgan fingerprint density at radius 1 is 1.32 bits per heavy atom. The number of hydrogen-bond acceptors (Lipinski definition) is 3. The van der Waals surface area contributed by atoms with Gasteiger partial charge in [-0.15, -0.1) is 0 Å². The molecule has 6 heteroatoms. The molecule has 6 nitrogen and oxygen atoms in total. The molecule has 2 aromatic rings. The van der Waals surface area contributed by atoms with Crippen molar-refractivity contribution < 1.29 is 4.79 Å². The molecule has 2 amide bonds. The fourth-order valence-electron chi connectivity index (χ4n) is 4.09. The molecule has 25 heavy (non-hydrogen) atoms. The highest BCUT2D eigenvalue weighted by atomic mass is 16.2. The van der Waals surface area contributed by atoms with Gasteiger partial charge in [0.15, 0.2) is 0 Å². The molecule has 0 saturated carbocycles. The van der Waals surface area contributed by atoms with Crippen LogP contribution in [0.5, 0.6) is 0 Å². The Kier molecular flexibility index (Phi) is 3.98. The second kappa shape index (κ2) is 6.17. The number of aromatic nitrogens is 3. The Hall–Kier alpha value is -2.37. The van der Waals surface area contributed by atoms with Crippen LogP contribution in [0.15, 0.2) is 24.3 Å². The van der Waals surface area contributed by atoms with E-state index in [2.05, 4.69) is 51.9 Å². The number of urea groups is 1. The summed E-state index contributed by atoms with van der Waals surface area (Å²) in [6.07, 6.45) is 3.82. The van der Waals surface area contributed by atoms with Gasteiger partial charge in [-0.3, -0.25) is 0 Å². The van der Waals surface area contributed by atoms with Gasteiger partial charge in [-0.1, -0.05) is 31.2 Å². The van der Waals surface area contributed by atoms with Gasteiger partial charge in [0.2, 0.25) is 0 Å². The first-order valence-corrected chi connectivity index (χ1v) is 9.02. The van der Waals surface area contributed by atoms with Crippen molar-refractivity contribution in [2.24, 2.45) is 5.41 Å². The van der Waals surface area contributed by atoms with Gasteiger partial charge in [-0.2, -0.15) is 5.10 Å². The molecule has 2 heterocycles. The predicted molar refractivity (Wildman–Crippen MR) is 95.4 cm³/mol. The van der Waals surface area contributed by atoms with Crippen LogP contribution in [0, 0.1) is 12.3 Å². The average Bonchev–Trinajstić information content (AvgIpc) is 3.11. The molecule has 1 aliphatic heterocycles. The third kappa shape index (κ3) is 3.38. The fraction of sp³-hybridized carbons (Fsp3) is 0.526. The van der Waals surface area contributed by atoms with Crippen molar-refractivity contribution in [1.82, 2.24) is 25.4 Å². The van der Waals surface area contributed by atoms with Gasteiger partial charge in [-0.05, 0) is 42.7 Å². The Balaban J connectivity index is 1.29. The summed E-state index contributed by atoms with van der Waals surface area (Å²) in [5.74, 6) is 1.82. The van der Waals surface area contributed by atoms with E-state index >= 15 is 0 Å². The quantitative estimate of drug-likeness (QED) is 0.898. The van der Waals surface area contributed by atoms with E-state index in [1.807, 2.05) is 11.6 Å². The fourth-order valence-corrected chi connectivity index (χ4v) is 4.09. The summed E-state index contributed by atoms with van der Waals surface area (Å²) >= 11 is 0. The zero-order valence-electron chi connectivity index (χ0n) is 14.9. The van der Waals surface area contributed by atoms with Gasteiger partial charge >= 0.3 is 6.03 Å². The molecule has 0 spiro atoms. The van der Waals surface area contributed by atoms with Crippen LogP contribution in [0.3, 0.4) is 0 Å². The molecule has 0 saturated heterocycles. The third-order valence-electron chi connectivity index (χ3n) is 5.33. The molecular weight excluding hydrogens is 314 g/mol. The molecular formula is C19H25N5O. The van der Waals surface area contributed by atoms with Crippen molar-refractivity contribution in [3.8, 4) is 0 Å². The lowest BCUT2D eigenvalue weighted by Crippen LogP contribution is -2.48. The van der Waals surface area contributed by atoms with E-state index in [9.17, 15) is 4.79 Å². The summed E-state index contributed by atoms with van der Waals surface area (Å²) in [6.45, 7) is 5.54. The van der Waals surface area contributed by atoms with Crippen LogP contribution in [0.25, 0.3) is 0 Å². The lowest BCUT2D eigenvalue weighted by molar-refractivity contribution is 0.224. The number of nitrogens with zero attached hydrogens (tertiary/aromatic N) is 3. The van der Waals surface area contributed by atoms with Crippen molar-refractivity contribution in [3.05, 3.63) is 47.0 Å². The zero-order valence-corrected chi connectivity index (χ0v) is 14.9. The lowest BCUT2D eigenvalue weighted by Gasteiger charge is -2.27. The first-order chi connectivity index (χ1) is 12.0. The Bertz CT molecular complexity index is 772. The van der Waals surface area contributed by atoms with E-state index in [1.165, 1.54) is 11.1 Å². The van der Waals surface area contributed by atoms with Crippen LogP contribution in [-0.2, 0) is 25.8 Å². The number of aryl methyl sites for hydroxylation is 2. The smallest absolute Gasteiger partial charge is 0.315 e. The van der Waals surface area contributed by atoms with Gasteiger partial charge in [0.25, 0.3) is 0 Å².